The number of carbonyl (C=O) groups is 1. The number of aromatic nitrogens is 2. The molecule has 0 aliphatic carbocycles. The van der Waals surface area contributed by atoms with Crippen LogP contribution in [0.15, 0.2) is 10.8 Å². The number of nitrogens with two attached hydrogens (primary N) is 1. The van der Waals surface area contributed by atoms with Gasteiger partial charge in [0.25, 0.3) is 5.91 Å². The third-order valence-corrected chi connectivity index (χ3v) is 4.50. The highest BCUT2D eigenvalue weighted by Crippen LogP contribution is 2.17. The molecule has 0 fully saturated rings. The van der Waals surface area contributed by atoms with Crippen molar-refractivity contribution in [3.63, 3.8) is 0 Å². The smallest absolute Gasteiger partial charge is 0.271 e. The number of carbonyl (C=O) groups excluding carboxylic acids is 1. The second-order valence-electron chi connectivity index (χ2n) is 4.05. The lowest BCUT2D eigenvalue weighted by atomic mass is 10.2. The fourth-order valence-electron chi connectivity index (χ4n) is 1.54. The lowest BCUT2D eigenvalue weighted by molar-refractivity contribution is 0.0934. The molecule has 19 heavy (non-hydrogen) atoms. The van der Waals surface area contributed by atoms with Crippen molar-refractivity contribution in [3.8, 4) is 0 Å². The summed E-state index contributed by atoms with van der Waals surface area (Å²) in [6.45, 7) is 4.34. The third-order valence-electron chi connectivity index (χ3n) is 2.62. The van der Waals surface area contributed by atoms with E-state index in [1.54, 1.807) is 16.7 Å². The Bertz CT molecular complexity index is 564. The molecule has 2 heterocycles. The van der Waals surface area contributed by atoms with E-state index in [-0.39, 0.29) is 11.9 Å². The first-order chi connectivity index (χ1) is 9.13. The SMILES string of the molecule is CCc1nc(C(C)NC(=O)c2csc(CN)n2)cs1. The second kappa shape index (κ2) is 6.23. The summed E-state index contributed by atoms with van der Waals surface area (Å²) in [5.74, 6) is -0.186. The van der Waals surface area contributed by atoms with Gasteiger partial charge in [-0.05, 0) is 13.3 Å². The zero-order chi connectivity index (χ0) is 13.8. The molecule has 1 amide bonds. The normalized spacial score (nSPS) is 12.4. The predicted molar refractivity (Wildman–Crippen MR) is 77.4 cm³/mol. The maximum Gasteiger partial charge on any atom is 0.271 e. The van der Waals surface area contributed by atoms with Crippen molar-refractivity contribution in [3.05, 3.63) is 32.2 Å². The van der Waals surface area contributed by atoms with Crippen LogP contribution >= 0.6 is 22.7 Å². The van der Waals surface area contributed by atoms with Crippen LogP contribution in [0.1, 0.15) is 46.1 Å². The van der Waals surface area contributed by atoms with Gasteiger partial charge in [-0.25, -0.2) is 9.97 Å². The van der Waals surface area contributed by atoms with E-state index in [0.29, 0.717) is 12.2 Å². The number of hydrogen-bond acceptors (Lipinski definition) is 6. The van der Waals surface area contributed by atoms with E-state index in [4.69, 9.17) is 5.73 Å². The molecule has 2 aromatic heterocycles. The zero-order valence-electron chi connectivity index (χ0n) is 10.8. The average Bonchev–Trinajstić information content (AvgIpc) is 3.07. The highest BCUT2D eigenvalue weighted by atomic mass is 32.1. The van der Waals surface area contributed by atoms with Crippen molar-refractivity contribution in [1.29, 1.82) is 0 Å². The summed E-state index contributed by atoms with van der Waals surface area (Å²) in [7, 11) is 0. The maximum absolute atomic E-state index is 12.0. The summed E-state index contributed by atoms with van der Waals surface area (Å²) in [4.78, 5) is 20.6. The van der Waals surface area contributed by atoms with Crippen LogP contribution in [0, 0.1) is 0 Å². The molecule has 2 rings (SSSR count). The molecule has 5 nitrogen and oxygen atoms in total. The van der Waals surface area contributed by atoms with Gasteiger partial charge in [-0.1, -0.05) is 6.92 Å². The van der Waals surface area contributed by atoms with Crippen molar-refractivity contribution in [1.82, 2.24) is 15.3 Å². The Morgan fingerprint density at radius 2 is 2.11 bits per heavy atom. The van der Waals surface area contributed by atoms with Crippen LogP contribution in [0.5, 0.6) is 0 Å². The molecule has 0 saturated heterocycles. The third kappa shape index (κ3) is 3.37. The molecule has 2 aromatic rings. The minimum Gasteiger partial charge on any atom is -0.343 e. The summed E-state index contributed by atoms with van der Waals surface area (Å²) in [6.07, 6.45) is 0.914. The number of thiazole rings is 2. The molecule has 0 saturated carbocycles. The number of aryl methyl sites for hydroxylation is 1. The van der Waals surface area contributed by atoms with Gasteiger partial charge < -0.3 is 11.1 Å². The Morgan fingerprint density at radius 1 is 1.37 bits per heavy atom. The summed E-state index contributed by atoms with van der Waals surface area (Å²) < 4.78 is 0. The number of rotatable bonds is 5. The number of nitrogens with zero attached hydrogens (tertiary/aromatic N) is 2. The van der Waals surface area contributed by atoms with Crippen LogP contribution in [0.25, 0.3) is 0 Å². The van der Waals surface area contributed by atoms with Gasteiger partial charge >= 0.3 is 0 Å². The van der Waals surface area contributed by atoms with Gasteiger partial charge in [0.15, 0.2) is 0 Å². The summed E-state index contributed by atoms with van der Waals surface area (Å²) in [5, 5.41) is 8.45. The van der Waals surface area contributed by atoms with Crippen LogP contribution in [0.2, 0.25) is 0 Å². The summed E-state index contributed by atoms with van der Waals surface area (Å²) in [6, 6.07) is -0.118. The van der Waals surface area contributed by atoms with Crippen molar-refractivity contribution in [2.24, 2.45) is 5.73 Å². The van der Waals surface area contributed by atoms with Crippen LogP contribution in [0.4, 0.5) is 0 Å². The lowest BCUT2D eigenvalue weighted by Crippen LogP contribution is -2.27. The van der Waals surface area contributed by atoms with Crippen molar-refractivity contribution in [2.75, 3.05) is 0 Å². The largest absolute Gasteiger partial charge is 0.343 e. The molecular formula is C12H16N4OS2. The standard InChI is InChI=1S/C12H16N4OS2/c1-3-10-15-8(5-18-10)7(2)14-12(17)9-6-19-11(4-13)16-9/h5-7H,3-4,13H2,1-2H3,(H,14,17). The molecular weight excluding hydrogens is 280 g/mol. The van der Waals surface area contributed by atoms with Crippen LogP contribution in [0.3, 0.4) is 0 Å². The summed E-state index contributed by atoms with van der Waals surface area (Å²) >= 11 is 3.01. The van der Waals surface area contributed by atoms with Crippen molar-refractivity contribution in [2.45, 2.75) is 32.9 Å². The van der Waals surface area contributed by atoms with Crippen LogP contribution in [-0.2, 0) is 13.0 Å². The van der Waals surface area contributed by atoms with E-state index < -0.39 is 0 Å². The Hall–Kier alpha value is -1.31. The molecule has 7 heteroatoms. The minimum atomic E-state index is -0.186. The number of amides is 1. The average molecular weight is 296 g/mol. The van der Waals surface area contributed by atoms with Gasteiger partial charge in [0.1, 0.15) is 10.7 Å². The molecule has 0 aliphatic rings. The monoisotopic (exact) mass is 296 g/mol. The molecule has 3 N–H and O–H groups in total. The van der Waals surface area contributed by atoms with Gasteiger partial charge in [-0.3, -0.25) is 4.79 Å². The van der Waals surface area contributed by atoms with Gasteiger partial charge in [-0.2, -0.15) is 0 Å². The zero-order valence-corrected chi connectivity index (χ0v) is 12.5. The van der Waals surface area contributed by atoms with E-state index in [1.807, 2.05) is 12.3 Å². The van der Waals surface area contributed by atoms with Crippen LogP contribution in [-0.4, -0.2) is 15.9 Å². The first-order valence-electron chi connectivity index (χ1n) is 6.03. The summed E-state index contributed by atoms with van der Waals surface area (Å²) in [5.41, 5.74) is 6.79. The van der Waals surface area contributed by atoms with Gasteiger partial charge in [-0.15, -0.1) is 22.7 Å². The van der Waals surface area contributed by atoms with E-state index in [2.05, 4.69) is 22.2 Å². The lowest BCUT2D eigenvalue weighted by Gasteiger charge is -2.10. The fraction of sp³-hybridized carbons (Fsp3) is 0.417. The van der Waals surface area contributed by atoms with Gasteiger partial charge in [0.2, 0.25) is 0 Å². The number of nitrogens with one attached hydrogen (secondary N) is 1. The van der Waals surface area contributed by atoms with E-state index >= 15 is 0 Å². The molecule has 102 valence electrons. The highest BCUT2D eigenvalue weighted by molar-refractivity contribution is 7.10. The Morgan fingerprint density at radius 3 is 2.68 bits per heavy atom. The Labute approximate surface area is 119 Å². The number of hydrogen-bond donors (Lipinski definition) is 2. The molecule has 0 bridgehead atoms. The van der Waals surface area contributed by atoms with Crippen molar-refractivity contribution < 1.29 is 4.79 Å². The first kappa shape index (κ1) is 14.1. The van der Waals surface area contributed by atoms with Gasteiger partial charge in [0.05, 0.1) is 16.7 Å². The maximum atomic E-state index is 12.0. The molecule has 1 atom stereocenters. The second-order valence-corrected chi connectivity index (χ2v) is 5.93. The fourth-order valence-corrected chi connectivity index (χ4v) is 3.03. The molecule has 1 unspecified atom stereocenters. The minimum absolute atomic E-state index is 0.118. The van der Waals surface area contributed by atoms with E-state index in [9.17, 15) is 4.79 Å². The van der Waals surface area contributed by atoms with Gasteiger partial charge in [0, 0.05) is 17.3 Å². The quantitative estimate of drug-likeness (QED) is 0.885. The van der Waals surface area contributed by atoms with E-state index in [0.717, 1.165) is 22.1 Å². The van der Waals surface area contributed by atoms with E-state index in [1.165, 1.54) is 11.3 Å². The predicted octanol–water partition coefficient (Wildman–Crippen LogP) is 2.11. The highest BCUT2D eigenvalue weighted by Gasteiger charge is 2.16. The molecule has 0 aliphatic heterocycles. The Kier molecular flexibility index (Phi) is 4.62. The molecule has 0 spiro atoms. The molecule has 0 radical (unpaired) electrons. The topological polar surface area (TPSA) is 80.9 Å². The van der Waals surface area contributed by atoms with Crippen LogP contribution < -0.4 is 11.1 Å². The Balaban J connectivity index is 2.01. The molecule has 0 aromatic carbocycles. The first-order valence-corrected chi connectivity index (χ1v) is 7.79. The van der Waals surface area contributed by atoms with Crippen molar-refractivity contribution >= 4 is 28.6 Å².